The van der Waals surface area contributed by atoms with Crippen molar-refractivity contribution in [2.24, 2.45) is 0 Å². The van der Waals surface area contributed by atoms with Crippen molar-refractivity contribution in [2.45, 2.75) is 13.5 Å². The second-order valence-corrected chi connectivity index (χ2v) is 3.89. The normalized spacial score (nSPS) is 10.2. The highest BCUT2D eigenvalue weighted by Crippen LogP contribution is 2.19. The lowest BCUT2D eigenvalue weighted by Crippen LogP contribution is -2.04. The molecule has 0 aliphatic heterocycles. The van der Waals surface area contributed by atoms with Gasteiger partial charge < -0.3 is 14.8 Å². The monoisotopic (exact) mass is 259 g/mol. The average molecular weight is 259 g/mol. The van der Waals surface area contributed by atoms with Gasteiger partial charge in [-0.25, -0.2) is 4.98 Å². The zero-order chi connectivity index (χ0) is 13.5. The molecular formula is C14H17N3O2. The molecule has 5 nitrogen and oxygen atoms in total. The molecule has 0 unspecified atom stereocenters. The van der Waals surface area contributed by atoms with Gasteiger partial charge >= 0.3 is 6.01 Å². The molecule has 0 atom stereocenters. The molecule has 0 saturated carbocycles. The number of nitrogens with one attached hydrogen (secondary N) is 1. The molecular weight excluding hydrogens is 242 g/mol. The molecule has 1 heterocycles. The lowest BCUT2D eigenvalue weighted by molar-refractivity contribution is 0.318. The summed E-state index contributed by atoms with van der Waals surface area (Å²) in [6.07, 6.45) is 1.61. The van der Waals surface area contributed by atoms with Crippen LogP contribution in [-0.2, 0) is 6.54 Å². The molecule has 0 radical (unpaired) electrons. The number of hydrogen-bond donors (Lipinski definition) is 1. The number of aromatic nitrogens is 2. The zero-order valence-corrected chi connectivity index (χ0v) is 11.1. The lowest BCUT2D eigenvalue weighted by Gasteiger charge is -2.06. The zero-order valence-electron chi connectivity index (χ0n) is 11.1. The predicted octanol–water partition coefficient (Wildman–Crippen LogP) is 2.39. The summed E-state index contributed by atoms with van der Waals surface area (Å²) < 4.78 is 10.9. The lowest BCUT2D eigenvalue weighted by atomic mass is 10.2. The summed E-state index contributed by atoms with van der Waals surface area (Å²) in [7, 11) is 1.91. The SMILES string of the molecule is CCOc1ccnc(Oc2ccc(CNC)cc2)n1. The Morgan fingerprint density at radius 1 is 1.16 bits per heavy atom. The van der Waals surface area contributed by atoms with Gasteiger partial charge in [0.25, 0.3) is 0 Å². The first-order chi connectivity index (χ1) is 9.31. The molecule has 5 heteroatoms. The van der Waals surface area contributed by atoms with Gasteiger partial charge in [-0.05, 0) is 31.7 Å². The van der Waals surface area contributed by atoms with Crippen molar-refractivity contribution in [1.82, 2.24) is 15.3 Å². The summed E-state index contributed by atoms with van der Waals surface area (Å²) >= 11 is 0. The first-order valence-electron chi connectivity index (χ1n) is 6.19. The van der Waals surface area contributed by atoms with Gasteiger partial charge in [0.05, 0.1) is 6.61 Å². The predicted molar refractivity (Wildman–Crippen MR) is 72.5 cm³/mol. The van der Waals surface area contributed by atoms with Gasteiger partial charge in [0, 0.05) is 18.8 Å². The molecule has 1 aromatic carbocycles. The number of hydrogen-bond acceptors (Lipinski definition) is 5. The van der Waals surface area contributed by atoms with Crippen LogP contribution < -0.4 is 14.8 Å². The largest absolute Gasteiger partial charge is 0.478 e. The fourth-order valence-electron chi connectivity index (χ4n) is 1.59. The minimum Gasteiger partial charge on any atom is -0.478 e. The van der Waals surface area contributed by atoms with E-state index < -0.39 is 0 Å². The van der Waals surface area contributed by atoms with E-state index in [0.717, 1.165) is 6.54 Å². The summed E-state index contributed by atoms with van der Waals surface area (Å²) in [4.78, 5) is 8.20. The first-order valence-corrected chi connectivity index (χ1v) is 6.19. The molecule has 0 aliphatic rings. The Labute approximate surface area is 112 Å². The van der Waals surface area contributed by atoms with Gasteiger partial charge in [-0.2, -0.15) is 4.98 Å². The van der Waals surface area contributed by atoms with Gasteiger partial charge in [0.15, 0.2) is 0 Å². The second kappa shape index (κ2) is 6.70. The van der Waals surface area contributed by atoms with Crippen LogP contribution in [0.1, 0.15) is 12.5 Å². The topological polar surface area (TPSA) is 56.3 Å². The summed E-state index contributed by atoms with van der Waals surface area (Å²) in [5, 5.41) is 3.09. The minimum atomic E-state index is 0.285. The van der Waals surface area contributed by atoms with Crippen LogP contribution in [0.3, 0.4) is 0 Å². The van der Waals surface area contributed by atoms with Crippen LogP contribution in [0, 0.1) is 0 Å². The van der Waals surface area contributed by atoms with Crippen LogP contribution in [-0.4, -0.2) is 23.6 Å². The van der Waals surface area contributed by atoms with Gasteiger partial charge in [0.1, 0.15) is 5.75 Å². The van der Waals surface area contributed by atoms with Crippen molar-refractivity contribution in [2.75, 3.05) is 13.7 Å². The number of rotatable bonds is 6. The first kappa shape index (κ1) is 13.3. The van der Waals surface area contributed by atoms with E-state index in [2.05, 4.69) is 15.3 Å². The van der Waals surface area contributed by atoms with E-state index in [-0.39, 0.29) is 6.01 Å². The molecule has 0 aliphatic carbocycles. The Bertz CT molecular complexity index is 514. The van der Waals surface area contributed by atoms with Gasteiger partial charge in [0.2, 0.25) is 5.88 Å². The van der Waals surface area contributed by atoms with Crippen molar-refractivity contribution in [3.8, 4) is 17.6 Å². The van der Waals surface area contributed by atoms with Gasteiger partial charge in [-0.3, -0.25) is 0 Å². The third kappa shape index (κ3) is 3.93. The Kier molecular flexibility index (Phi) is 4.69. The van der Waals surface area contributed by atoms with E-state index in [1.165, 1.54) is 5.56 Å². The van der Waals surface area contributed by atoms with Crippen LogP contribution in [0.4, 0.5) is 0 Å². The molecule has 0 amide bonds. The van der Waals surface area contributed by atoms with E-state index in [1.54, 1.807) is 12.3 Å². The van der Waals surface area contributed by atoms with Crippen molar-refractivity contribution < 1.29 is 9.47 Å². The summed E-state index contributed by atoms with van der Waals surface area (Å²) in [6, 6.07) is 9.77. The maximum Gasteiger partial charge on any atom is 0.325 e. The average Bonchev–Trinajstić information content (AvgIpc) is 2.42. The molecule has 100 valence electrons. The van der Waals surface area contributed by atoms with E-state index in [4.69, 9.17) is 9.47 Å². The van der Waals surface area contributed by atoms with Crippen molar-refractivity contribution in [3.05, 3.63) is 42.1 Å². The number of ether oxygens (including phenoxy) is 2. The molecule has 0 spiro atoms. The molecule has 0 saturated heterocycles. The minimum absolute atomic E-state index is 0.285. The smallest absolute Gasteiger partial charge is 0.325 e. The maximum atomic E-state index is 5.58. The van der Waals surface area contributed by atoms with E-state index in [0.29, 0.717) is 18.2 Å². The van der Waals surface area contributed by atoms with E-state index in [1.807, 2.05) is 38.2 Å². The van der Waals surface area contributed by atoms with Crippen molar-refractivity contribution in [1.29, 1.82) is 0 Å². The van der Waals surface area contributed by atoms with E-state index in [9.17, 15) is 0 Å². The fraction of sp³-hybridized carbons (Fsp3) is 0.286. The van der Waals surface area contributed by atoms with Crippen LogP contribution in [0.15, 0.2) is 36.5 Å². The molecule has 1 aromatic heterocycles. The Morgan fingerprint density at radius 2 is 1.95 bits per heavy atom. The fourth-order valence-corrected chi connectivity index (χ4v) is 1.59. The van der Waals surface area contributed by atoms with Crippen LogP contribution in [0.2, 0.25) is 0 Å². The van der Waals surface area contributed by atoms with Crippen molar-refractivity contribution in [3.63, 3.8) is 0 Å². The molecule has 2 rings (SSSR count). The highest BCUT2D eigenvalue weighted by atomic mass is 16.5. The highest BCUT2D eigenvalue weighted by Gasteiger charge is 2.02. The second-order valence-electron chi connectivity index (χ2n) is 3.89. The van der Waals surface area contributed by atoms with Crippen LogP contribution in [0.5, 0.6) is 17.6 Å². The summed E-state index contributed by atoms with van der Waals surface area (Å²) in [5.74, 6) is 1.22. The highest BCUT2D eigenvalue weighted by molar-refractivity contribution is 5.29. The Morgan fingerprint density at radius 3 is 2.63 bits per heavy atom. The third-order valence-electron chi connectivity index (χ3n) is 2.41. The molecule has 0 bridgehead atoms. The molecule has 19 heavy (non-hydrogen) atoms. The quantitative estimate of drug-likeness (QED) is 0.863. The maximum absolute atomic E-state index is 5.58. The summed E-state index contributed by atoms with van der Waals surface area (Å²) in [5.41, 5.74) is 1.19. The van der Waals surface area contributed by atoms with Gasteiger partial charge in [-0.1, -0.05) is 12.1 Å². The Hall–Kier alpha value is -2.14. The van der Waals surface area contributed by atoms with Crippen LogP contribution in [0.25, 0.3) is 0 Å². The molecule has 0 fully saturated rings. The van der Waals surface area contributed by atoms with E-state index >= 15 is 0 Å². The third-order valence-corrected chi connectivity index (χ3v) is 2.41. The number of benzene rings is 1. The standard InChI is InChI=1S/C14H17N3O2/c1-3-18-13-8-9-16-14(17-13)19-12-6-4-11(5-7-12)10-15-2/h4-9,15H,3,10H2,1-2H3. The molecule has 2 aromatic rings. The number of nitrogens with zero attached hydrogens (tertiary/aromatic N) is 2. The Balaban J connectivity index is 2.05. The van der Waals surface area contributed by atoms with Crippen molar-refractivity contribution >= 4 is 0 Å². The van der Waals surface area contributed by atoms with Crippen LogP contribution >= 0.6 is 0 Å². The van der Waals surface area contributed by atoms with Gasteiger partial charge in [-0.15, -0.1) is 0 Å². The molecule has 1 N–H and O–H groups in total. The summed E-state index contributed by atoms with van der Waals surface area (Å²) in [6.45, 7) is 3.30.